The number of carboxylic acid groups (broad SMARTS) is 1. The summed E-state index contributed by atoms with van der Waals surface area (Å²) in [5.74, 6) is -0.985. The van der Waals surface area contributed by atoms with Gasteiger partial charge >= 0.3 is 11.9 Å². The first-order chi connectivity index (χ1) is 13.4. The van der Waals surface area contributed by atoms with Crippen LogP contribution in [0.2, 0.25) is 0 Å². The van der Waals surface area contributed by atoms with E-state index in [-0.39, 0.29) is 5.97 Å². The zero-order valence-electron chi connectivity index (χ0n) is 16.5. The van der Waals surface area contributed by atoms with Crippen LogP contribution >= 0.6 is 22.7 Å². The maximum atomic E-state index is 11.5. The topological polar surface area (TPSA) is 70.1 Å². The van der Waals surface area contributed by atoms with Gasteiger partial charge in [-0.1, -0.05) is 0 Å². The first-order valence-electron chi connectivity index (χ1n) is 9.38. The van der Waals surface area contributed by atoms with Crippen LogP contribution in [-0.4, -0.2) is 60.6 Å². The number of likely N-dealkylation sites (N-methyl/N-ethyl adjacent to an activating group) is 2. The maximum absolute atomic E-state index is 11.5. The maximum Gasteiger partial charge on any atom is 0.348 e. The summed E-state index contributed by atoms with van der Waals surface area (Å²) in [6, 6.07) is 3.78. The Bertz CT molecular complexity index is 859. The standard InChI is InChI=1S/C11H15NO2S.C9H11NO2S/c1-3-14-11(13)10-6-8-7-12(2)5-4-9(8)15-10;1-10-3-2-7-6(5-10)4-8(13-7)9(11)12/h6H,3-5,7H2,1-2H3;4H,2-3,5H2,1H3,(H,11,12). The molecule has 0 unspecified atom stereocenters. The summed E-state index contributed by atoms with van der Waals surface area (Å²) in [6.45, 7) is 6.23. The lowest BCUT2D eigenvalue weighted by Gasteiger charge is -2.21. The third-order valence-corrected chi connectivity index (χ3v) is 7.24. The first-order valence-corrected chi connectivity index (χ1v) is 11.0. The molecule has 0 bridgehead atoms. The number of carboxylic acids is 1. The molecule has 2 aromatic rings. The zero-order valence-corrected chi connectivity index (χ0v) is 18.1. The Hall–Kier alpha value is -1.74. The molecule has 28 heavy (non-hydrogen) atoms. The number of ether oxygens (including phenoxy) is 1. The molecular weight excluding hydrogens is 396 g/mol. The van der Waals surface area contributed by atoms with Crippen LogP contribution in [0.4, 0.5) is 0 Å². The normalized spacial score (nSPS) is 16.5. The Morgan fingerprint density at radius 2 is 1.50 bits per heavy atom. The molecule has 8 heteroatoms. The molecular formula is C20H26N2O4S2. The number of thiophene rings is 2. The molecule has 0 saturated carbocycles. The van der Waals surface area contributed by atoms with E-state index in [1.807, 2.05) is 13.0 Å². The average molecular weight is 423 g/mol. The highest BCUT2D eigenvalue weighted by atomic mass is 32.1. The number of fused-ring (bicyclic) bond motifs is 2. The van der Waals surface area contributed by atoms with Crippen molar-refractivity contribution in [2.75, 3.05) is 33.8 Å². The SMILES string of the molecule is CCOC(=O)c1cc2c(s1)CCN(C)C2.CN1CCc2sc(C(=O)O)cc2C1. The summed E-state index contributed by atoms with van der Waals surface area (Å²) in [5.41, 5.74) is 2.48. The molecule has 1 N–H and O–H groups in total. The van der Waals surface area contributed by atoms with Crippen molar-refractivity contribution in [2.24, 2.45) is 0 Å². The van der Waals surface area contributed by atoms with Crippen molar-refractivity contribution >= 4 is 34.6 Å². The molecule has 4 heterocycles. The largest absolute Gasteiger partial charge is 0.477 e. The molecule has 4 rings (SSSR count). The van der Waals surface area contributed by atoms with Gasteiger partial charge in [0.15, 0.2) is 0 Å². The Labute approximate surface area is 173 Å². The number of hydrogen-bond acceptors (Lipinski definition) is 7. The fraction of sp³-hybridized carbons (Fsp3) is 0.500. The predicted molar refractivity (Wildman–Crippen MR) is 112 cm³/mol. The molecule has 0 atom stereocenters. The van der Waals surface area contributed by atoms with Crippen LogP contribution in [-0.2, 0) is 30.7 Å². The molecule has 0 saturated heterocycles. The van der Waals surface area contributed by atoms with Crippen molar-refractivity contribution in [1.82, 2.24) is 9.80 Å². The lowest BCUT2D eigenvalue weighted by molar-refractivity contribution is 0.0531. The van der Waals surface area contributed by atoms with E-state index in [0.717, 1.165) is 43.9 Å². The van der Waals surface area contributed by atoms with Crippen LogP contribution in [0.15, 0.2) is 12.1 Å². The molecule has 0 amide bonds. The van der Waals surface area contributed by atoms with Gasteiger partial charge in [0.1, 0.15) is 9.75 Å². The van der Waals surface area contributed by atoms with Crippen molar-refractivity contribution in [3.8, 4) is 0 Å². The summed E-state index contributed by atoms with van der Waals surface area (Å²) in [5, 5.41) is 8.80. The van der Waals surface area contributed by atoms with Crippen LogP contribution in [0.5, 0.6) is 0 Å². The number of rotatable bonds is 3. The van der Waals surface area contributed by atoms with Crippen LogP contribution < -0.4 is 0 Å². The number of carbonyl (C=O) groups excluding carboxylic acids is 1. The van der Waals surface area contributed by atoms with E-state index in [1.165, 1.54) is 32.2 Å². The lowest BCUT2D eigenvalue weighted by atomic mass is 10.1. The van der Waals surface area contributed by atoms with Crippen LogP contribution in [0, 0.1) is 0 Å². The first kappa shape index (κ1) is 21.0. The van der Waals surface area contributed by atoms with Gasteiger partial charge in [-0.05, 0) is 57.1 Å². The van der Waals surface area contributed by atoms with Crippen molar-refractivity contribution in [2.45, 2.75) is 32.9 Å². The second-order valence-corrected chi connectivity index (χ2v) is 9.39. The molecule has 152 valence electrons. The minimum absolute atomic E-state index is 0.181. The second-order valence-electron chi connectivity index (χ2n) is 7.12. The number of carbonyl (C=O) groups is 2. The quantitative estimate of drug-likeness (QED) is 0.765. The van der Waals surface area contributed by atoms with E-state index in [4.69, 9.17) is 9.84 Å². The van der Waals surface area contributed by atoms with Crippen molar-refractivity contribution in [1.29, 1.82) is 0 Å². The Morgan fingerprint density at radius 1 is 1.00 bits per heavy atom. The van der Waals surface area contributed by atoms with Crippen LogP contribution in [0.3, 0.4) is 0 Å². The highest BCUT2D eigenvalue weighted by Crippen LogP contribution is 2.28. The van der Waals surface area contributed by atoms with E-state index in [9.17, 15) is 9.59 Å². The predicted octanol–water partition coefficient (Wildman–Crippen LogP) is 3.35. The summed E-state index contributed by atoms with van der Waals surface area (Å²) in [6.07, 6.45) is 2.04. The number of esters is 1. The molecule has 0 aromatic carbocycles. The van der Waals surface area contributed by atoms with Gasteiger partial charge in [0.2, 0.25) is 0 Å². The lowest BCUT2D eigenvalue weighted by Crippen LogP contribution is -2.25. The Morgan fingerprint density at radius 3 is 2.00 bits per heavy atom. The van der Waals surface area contributed by atoms with Crippen molar-refractivity contribution < 1.29 is 19.4 Å². The third-order valence-electron chi connectivity index (χ3n) is 4.80. The molecule has 0 radical (unpaired) electrons. The van der Waals surface area contributed by atoms with E-state index in [0.29, 0.717) is 11.5 Å². The Kier molecular flexibility index (Phi) is 6.87. The fourth-order valence-corrected chi connectivity index (χ4v) is 5.42. The minimum Gasteiger partial charge on any atom is -0.477 e. The average Bonchev–Trinajstić information content (AvgIpc) is 3.25. The summed E-state index contributed by atoms with van der Waals surface area (Å²) < 4.78 is 4.99. The molecule has 2 aliphatic rings. The van der Waals surface area contributed by atoms with E-state index < -0.39 is 5.97 Å². The number of aromatic carboxylic acids is 1. The highest BCUT2D eigenvalue weighted by Gasteiger charge is 2.20. The summed E-state index contributed by atoms with van der Waals surface area (Å²) >= 11 is 3.00. The van der Waals surface area contributed by atoms with Gasteiger partial charge in [-0.25, -0.2) is 9.59 Å². The Balaban J connectivity index is 0.000000162. The number of hydrogen-bond donors (Lipinski definition) is 1. The van der Waals surface area contributed by atoms with Crippen molar-refractivity contribution in [3.63, 3.8) is 0 Å². The second kappa shape index (κ2) is 9.17. The zero-order chi connectivity index (χ0) is 20.3. The summed E-state index contributed by atoms with van der Waals surface area (Å²) in [4.78, 5) is 30.5. The van der Waals surface area contributed by atoms with Gasteiger partial charge in [-0.2, -0.15) is 0 Å². The molecule has 6 nitrogen and oxygen atoms in total. The van der Waals surface area contributed by atoms with Crippen LogP contribution in [0.1, 0.15) is 47.1 Å². The van der Waals surface area contributed by atoms with E-state index >= 15 is 0 Å². The summed E-state index contributed by atoms with van der Waals surface area (Å²) in [7, 11) is 4.16. The highest BCUT2D eigenvalue weighted by molar-refractivity contribution is 7.14. The van der Waals surface area contributed by atoms with Gasteiger partial charge in [-0.15, -0.1) is 22.7 Å². The molecule has 2 aromatic heterocycles. The van der Waals surface area contributed by atoms with E-state index in [1.54, 1.807) is 17.4 Å². The fourth-order valence-electron chi connectivity index (χ4n) is 3.36. The molecule has 0 aliphatic carbocycles. The van der Waals surface area contributed by atoms with Gasteiger partial charge in [0.05, 0.1) is 6.61 Å². The third kappa shape index (κ3) is 5.00. The number of nitrogens with zero attached hydrogens (tertiary/aromatic N) is 2. The molecule has 0 fully saturated rings. The van der Waals surface area contributed by atoms with Gasteiger partial charge < -0.3 is 19.6 Å². The van der Waals surface area contributed by atoms with Crippen LogP contribution in [0.25, 0.3) is 0 Å². The minimum atomic E-state index is -0.804. The van der Waals surface area contributed by atoms with Crippen molar-refractivity contribution in [3.05, 3.63) is 42.8 Å². The molecule has 2 aliphatic heterocycles. The van der Waals surface area contributed by atoms with Gasteiger partial charge in [0, 0.05) is 35.9 Å². The molecule has 0 spiro atoms. The monoisotopic (exact) mass is 422 g/mol. The van der Waals surface area contributed by atoms with Gasteiger partial charge in [0.25, 0.3) is 0 Å². The smallest absolute Gasteiger partial charge is 0.348 e. The van der Waals surface area contributed by atoms with E-state index in [2.05, 4.69) is 23.9 Å². The van der Waals surface area contributed by atoms with Gasteiger partial charge in [-0.3, -0.25) is 0 Å².